The summed E-state index contributed by atoms with van der Waals surface area (Å²) in [4.78, 5) is 29.8. The van der Waals surface area contributed by atoms with Gasteiger partial charge in [0, 0.05) is 56.9 Å². The minimum Gasteiger partial charge on any atom is -0.490 e. The van der Waals surface area contributed by atoms with E-state index in [0.717, 1.165) is 11.1 Å². The molecule has 3 aromatic carbocycles. The summed E-state index contributed by atoms with van der Waals surface area (Å²) in [5, 5.41) is 0.628. The summed E-state index contributed by atoms with van der Waals surface area (Å²) in [6, 6.07) is 23.3. The van der Waals surface area contributed by atoms with Crippen molar-refractivity contribution in [3.63, 3.8) is 0 Å². The number of aryl methyl sites for hydroxylation is 1. The number of nitrogens with zero attached hydrogens (tertiary/aromatic N) is 2. The second-order valence-electron chi connectivity index (χ2n) is 9.56. The largest absolute Gasteiger partial charge is 0.490 e. The van der Waals surface area contributed by atoms with E-state index in [4.69, 9.17) is 16.3 Å². The SMILES string of the molecule is CN(Cc1ccccc1)C(=O)C[C@H]1CN(C(=O)CCc2ccc(F)cc2)CC[C@@H]1Oc1ccc(Cl)cc1. The number of carbonyl (C=O) groups is 2. The van der Waals surface area contributed by atoms with Crippen LogP contribution in [0.15, 0.2) is 78.9 Å². The minimum atomic E-state index is -0.289. The van der Waals surface area contributed by atoms with Gasteiger partial charge in [-0.1, -0.05) is 54.1 Å². The van der Waals surface area contributed by atoms with Gasteiger partial charge in [-0.15, -0.1) is 0 Å². The summed E-state index contributed by atoms with van der Waals surface area (Å²) in [6.07, 6.45) is 1.60. The number of rotatable bonds is 9. The third-order valence-electron chi connectivity index (χ3n) is 6.78. The molecule has 0 radical (unpaired) electrons. The molecule has 1 saturated heterocycles. The maximum atomic E-state index is 13.2. The van der Waals surface area contributed by atoms with Crippen LogP contribution in [0, 0.1) is 11.7 Å². The Morgan fingerprint density at radius 1 is 1.00 bits per heavy atom. The molecule has 0 aromatic heterocycles. The number of hydrogen-bond acceptors (Lipinski definition) is 3. The molecular weight excluding hydrogens is 491 g/mol. The number of benzene rings is 3. The van der Waals surface area contributed by atoms with Gasteiger partial charge in [0.05, 0.1) is 0 Å². The van der Waals surface area contributed by atoms with Gasteiger partial charge in [0.15, 0.2) is 0 Å². The van der Waals surface area contributed by atoms with Crippen molar-refractivity contribution in [2.24, 2.45) is 5.92 Å². The maximum absolute atomic E-state index is 13.2. The molecule has 37 heavy (non-hydrogen) atoms. The first-order valence-electron chi connectivity index (χ1n) is 12.6. The number of ether oxygens (including phenoxy) is 1. The highest BCUT2D eigenvalue weighted by Crippen LogP contribution is 2.28. The second-order valence-corrected chi connectivity index (χ2v) is 10.0. The quantitative estimate of drug-likeness (QED) is 0.359. The van der Waals surface area contributed by atoms with Gasteiger partial charge >= 0.3 is 0 Å². The Kier molecular flexibility index (Phi) is 9.18. The zero-order valence-electron chi connectivity index (χ0n) is 21.0. The number of piperidine rings is 1. The van der Waals surface area contributed by atoms with E-state index in [-0.39, 0.29) is 36.1 Å². The predicted octanol–water partition coefficient (Wildman–Crippen LogP) is 5.76. The van der Waals surface area contributed by atoms with Crippen molar-refractivity contribution in [2.45, 2.75) is 38.3 Å². The number of likely N-dealkylation sites (tertiary alicyclic amines) is 1. The van der Waals surface area contributed by atoms with Crippen molar-refractivity contribution < 1.29 is 18.7 Å². The fourth-order valence-corrected chi connectivity index (χ4v) is 4.79. The molecule has 1 aliphatic rings. The molecule has 1 aliphatic heterocycles. The summed E-state index contributed by atoms with van der Waals surface area (Å²) < 4.78 is 19.5. The number of amides is 2. The van der Waals surface area contributed by atoms with E-state index in [1.807, 2.05) is 47.4 Å². The molecule has 2 atom stereocenters. The summed E-state index contributed by atoms with van der Waals surface area (Å²) in [7, 11) is 1.80. The van der Waals surface area contributed by atoms with E-state index in [1.54, 1.807) is 36.2 Å². The van der Waals surface area contributed by atoms with Gasteiger partial charge < -0.3 is 14.5 Å². The van der Waals surface area contributed by atoms with Crippen LogP contribution in [-0.2, 0) is 22.6 Å². The third kappa shape index (κ3) is 7.80. The van der Waals surface area contributed by atoms with Crippen LogP contribution in [0.1, 0.15) is 30.4 Å². The van der Waals surface area contributed by atoms with E-state index < -0.39 is 0 Å². The topological polar surface area (TPSA) is 49.9 Å². The van der Waals surface area contributed by atoms with Gasteiger partial charge in [-0.3, -0.25) is 9.59 Å². The number of hydrogen-bond donors (Lipinski definition) is 0. The van der Waals surface area contributed by atoms with Crippen LogP contribution < -0.4 is 4.74 Å². The second kappa shape index (κ2) is 12.7. The lowest BCUT2D eigenvalue weighted by Gasteiger charge is -2.39. The smallest absolute Gasteiger partial charge is 0.223 e. The van der Waals surface area contributed by atoms with Crippen LogP contribution in [0.2, 0.25) is 5.02 Å². The van der Waals surface area contributed by atoms with Gasteiger partial charge in [-0.2, -0.15) is 0 Å². The van der Waals surface area contributed by atoms with E-state index in [0.29, 0.717) is 49.7 Å². The first-order valence-corrected chi connectivity index (χ1v) is 13.0. The molecule has 0 aliphatic carbocycles. The van der Waals surface area contributed by atoms with Gasteiger partial charge in [0.1, 0.15) is 17.7 Å². The number of halogens is 2. The number of carbonyl (C=O) groups excluding carboxylic acids is 2. The zero-order chi connectivity index (χ0) is 26.2. The lowest BCUT2D eigenvalue weighted by Crippen LogP contribution is -2.49. The molecule has 3 aromatic rings. The first-order chi connectivity index (χ1) is 17.9. The third-order valence-corrected chi connectivity index (χ3v) is 7.04. The van der Waals surface area contributed by atoms with E-state index >= 15 is 0 Å². The van der Waals surface area contributed by atoms with Crippen molar-refractivity contribution in [1.29, 1.82) is 0 Å². The average Bonchev–Trinajstić information content (AvgIpc) is 2.91. The highest BCUT2D eigenvalue weighted by molar-refractivity contribution is 6.30. The van der Waals surface area contributed by atoms with Crippen molar-refractivity contribution in [1.82, 2.24) is 9.80 Å². The molecule has 1 fully saturated rings. The molecule has 2 amide bonds. The van der Waals surface area contributed by atoms with Crippen molar-refractivity contribution >= 4 is 23.4 Å². The summed E-state index contributed by atoms with van der Waals surface area (Å²) in [5.74, 6) is 0.302. The van der Waals surface area contributed by atoms with E-state index in [1.165, 1.54) is 12.1 Å². The van der Waals surface area contributed by atoms with Crippen molar-refractivity contribution in [3.8, 4) is 5.75 Å². The molecule has 0 unspecified atom stereocenters. The highest BCUT2D eigenvalue weighted by Gasteiger charge is 2.35. The van der Waals surface area contributed by atoms with E-state index in [2.05, 4.69) is 0 Å². The Balaban J connectivity index is 1.41. The van der Waals surface area contributed by atoms with Crippen LogP contribution in [0.25, 0.3) is 0 Å². The van der Waals surface area contributed by atoms with Crippen LogP contribution in [0.4, 0.5) is 4.39 Å². The highest BCUT2D eigenvalue weighted by atomic mass is 35.5. The Bertz CT molecular complexity index is 1170. The standard InChI is InChI=1S/C30H32ClFN2O3/c1-33(20-23-5-3-2-4-6-23)30(36)19-24-21-34(29(35)16-9-22-7-12-26(32)13-8-22)18-17-28(24)37-27-14-10-25(31)11-15-27/h2-8,10-15,24,28H,9,16-21H2,1H3/t24-,28-/m0/s1. The summed E-state index contributed by atoms with van der Waals surface area (Å²) in [5.41, 5.74) is 1.98. The zero-order valence-corrected chi connectivity index (χ0v) is 21.7. The van der Waals surface area contributed by atoms with Gasteiger partial charge in [0.25, 0.3) is 0 Å². The summed E-state index contributed by atoms with van der Waals surface area (Å²) in [6.45, 7) is 1.53. The molecule has 1 heterocycles. The van der Waals surface area contributed by atoms with E-state index in [9.17, 15) is 14.0 Å². The van der Waals surface area contributed by atoms with Crippen LogP contribution in [0.3, 0.4) is 0 Å². The van der Waals surface area contributed by atoms with Gasteiger partial charge in [0.2, 0.25) is 11.8 Å². The molecular formula is C30H32ClFN2O3. The molecule has 194 valence electrons. The predicted molar refractivity (Wildman–Crippen MR) is 143 cm³/mol. The normalized spacial score (nSPS) is 17.3. The van der Waals surface area contributed by atoms with Crippen LogP contribution in [-0.4, -0.2) is 47.9 Å². The molecule has 0 bridgehead atoms. The van der Waals surface area contributed by atoms with Gasteiger partial charge in [-0.05, 0) is 53.9 Å². The molecule has 0 N–H and O–H groups in total. The molecule has 4 rings (SSSR count). The van der Waals surface area contributed by atoms with Crippen molar-refractivity contribution in [3.05, 3.63) is 101 Å². The van der Waals surface area contributed by atoms with Crippen molar-refractivity contribution in [2.75, 3.05) is 20.1 Å². The fourth-order valence-electron chi connectivity index (χ4n) is 4.66. The first kappa shape index (κ1) is 26.7. The molecule has 7 heteroatoms. The lowest BCUT2D eigenvalue weighted by molar-refractivity contribution is -0.138. The Labute approximate surface area is 222 Å². The Morgan fingerprint density at radius 2 is 1.70 bits per heavy atom. The fraction of sp³-hybridized carbons (Fsp3) is 0.333. The Morgan fingerprint density at radius 3 is 2.41 bits per heavy atom. The summed E-state index contributed by atoms with van der Waals surface area (Å²) >= 11 is 6.02. The van der Waals surface area contributed by atoms with Crippen LogP contribution >= 0.6 is 11.6 Å². The average molecular weight is 523 g/mol. The maximum Gasteiger partial charge on any atom is 0.223 e. The molecule has 5 nitrogen and oxygen atoms in total. The molecule has 0 spiro atoms. The monoisotopic (exact) mass is 522 g/mol. The minimum absolute atomic E-state index is 0.0131. The van der Waals surface area contributed by atoms with Crippen LogP contribution in [0.5, 0.6) is 5.75 Å². The van der Waals surface area contributed by atoms with Gasteiger partial charge in [-0.25, -0.2) is 4.39 Å². The lowest BCUT2D eigenvalue weighted by atomic mass is 9.90. The Hall–Kier alpha value is -3.38. The molecule has 0 saturated carbocycles.